The van der Waals surface area contributed by atoms with Crippen molar-refractivity contribution in [3.05, 3.63) is 29.8 Å². The predicted octanol–water partition coefficient (Wildman–Crippen LogP) is 0.456. The van der Waals surface area contributed by atoms with Gasteiger partial charge in [0.25, 0.3) is 5.91 Å². The van der Waals surface area contributed by atoms with Gasteiger partial charge in [0, 0.05) is 34.1 Å². The second kappa shape index (κ2) is 7.33. The van der Waals surface area contributed by atoms with Gasteiger partial charge in [-0.1, -0.05) is 12.1 Å². The molecule has 0 N–H and O–H groups in total. The summed E-state index contributed by atoms with van der Waals surface area (Å²) >= 11 is 0. The second-order valence-electron chi connectivity index (χ2n) is 5.91. The van der Waals surface area contributed by atoms with Crippen molar-refractivity contribution in [1.29, 1.82) is 0 Å². The van der Waals surface area contributed by atoms with Gasteiger partial charge in [-0.25, -0.2) is 0 Å². The van der Waals surface area contributed by atoms with E-state index in [1.54, 1.807) is 43.3 Å². The van der Waals surface area contributed by atoms with Crippen LogP contribution in [0.3, 0.4) is 0 Å². The maximum absolute atomic E-state index is 12.8. The first-order valence-corrected chi connectivity index (χ1v) is 7.77. The fourth-order valence-corrected chi connectivity index (χ4v) is 2.85. The third-order valence-electron chi connectivity index (χ3n) is 4.14. The SMILES string of the molecule is COc1ccccc1C(=O)N1CCN(C(C)=O)C(C(=O)N(C)C)C1. The summed E-state index contributed by atoms with van der Waals surface area (Å²) in [6.07, 6.45) is 0. The van der Waals surface area contributed by atoms with E-state index in [1.807, 2.05) is 0 Å². The van der Waals surface area contributed by atoms with Gasteiger partial charge >= 0.3 is 0 Å². The maximum Gasteiger partial charge on any atom is 0.257 e. The Morgan fingerprint density at radius 1 is 1.17 bits per heavy atom. The van der Waals surface area contributed by atoms with Crippen LogP contribution in [0.2, 0.25) is 0 Å². The first-order valence-electron chi connectivity index (χ1n) is 7.77. The minimum Gasteiger partial charge on any atom is -0.496 e. The van der Waals surface area contributed by atoms with Crippen LogP contribution in [0.5, 0.6) is 5.75 Å². The molecule has 1 atom stereocenters. The third-order valence-corrected chi connectivity index (χ3v) is 4.14. The van der Waals surface area contributed by atoms with Gasteiger partial charge in [0.2, 0.25) is 11.8 Å². The fourth-order valence-electron chi connectivity index (χ4n) is 2.85. The van der Waals surface area contributed by atoms with E-state index in [4.69, 9.17) is 4.74 Å². The van der Waals surface area contributed by atoms with Crippen LogP contribution in [0.25, 0.3) is 0 Å². The number of piperazine rings is 1. The van der Waals surface area contributed by atoms with Gasteiger partial charge in [0.1, 0.15) is 11.8 Å². The van der Waals surface area contributed by atoms with Gasteiger partial charge in [0.15, 0.2) is 0 Å². The number of hydrogen-bond acceptors (Lipinski definition) is 4. The van der Waals surface area contributed by atoms with Gasteiger partial charge < -0.3 is 19.4 Å². The predicted molar refractivity (Wildman–Crippen MR) is 88.8 cm³/mol. The van der Waals surface area contributed by atoms with Gasteiger partial charge in [-0.15, -0.1) is 0 Å². The van der Waals surface area contributed by atoms with Gasteiger partial charge in [0.05, 0.1) is 19.2 Å². The zero-order chi connectivity index (χ0) is 17.9. The average molecular weight is 333 g/mol. The Morgan fingerprint density at radius 2 is 1.83 bits per heavy atom. The van der Waals surface area contributed by atoms with E-state index in [0.717, 1.165) is 0 Å². The van der Waals surface area contributed by atoms with Crippen LogP contribution >= 0.6 is 0 Å². The van der Waals surface area contributed by atoms with Crippen LogP contribution in [-0.4, -0.2) is 79.3 Å². The number of methoxy groups -OCH3 is 1. The molecule has 2 rings (SSSR count). The van der Waals surface area contributed by atoms with Crippen molar-refractivity contribution >= 4 is 17.7 Å². The smallest absolute Gasteiger partial charge is 0.257 e. The van der Waals surface area contributed by atoms with Crippen molar-refractivity contribution < 1.29 is 19.1 Å². The molecule has 1 aromatic carbocycles. The van der Waals surface area contributed by atoms with Crippen molar-refractivity contribution in [3.8, 4) is 5.75 Å². The van der Waals surface area contributed by atoms with E-state index in [1.165, 1.54) is 23.8 Å². The topological polar surface area (TPSA) is 70.2 Å². The standard InChI is InChI=1S/C17H23N3O4/c1-12(21)20-10-9-19(11-14(20)17(23)18(2)3)16(22)13-7-5-6-8-15(13)24-4/h5-8,14H,9-11H2,1-4H3. The number of rotatable bonds is 3. The van der Waals surface area contributed by atoms with Crippen molar-refractivity contribution in [3.63, 3.8) is 0 Å². The number of carbonyl (C=O) groups is 3. The zero-order valence-electron chi connectivity index (χ0n) is 14.5. The molecule has 7 nitrogen and oxygen atoms in total. The Kier molecular flexibility index (Phi) is 5.43. The summed E-state index contributed by atoms with van der Waals surface area (Å²) in [6.45, 7) is 2.33. The first kappa shape index (κ1) is 17.8. The van der Waals surface area contributed by atoms with Crippen LogP contribution in [0.15, 0.2) is 24.3 Å². The normalized spacial score (nSPS) is 17.4. The third kappa shape index (κ3) is 3.50. The van der Waals surface area contributed by atoms with Gasteiger partial charge in [-0.05, 0) is 12.1 Å². The number of carbonyl (C=O) groups excluding carboxylic acids is 3. The molecule has 0 aromatic heterocycles. The number of likely N-dealkylation sites (N-methyl/N-ethyl adjacent to an activating group) is 1. The van der Waals surface area contributed by atoms with E-state index in [2.05, 4.69) is 0 Å². The lowest BCUT2D eigenvalue weighted by Crippen LogP contribution is -2.61. The van der Waals surface area contributed by atoms with Crippen LogP contribution in [-0.2, 0) is 9.59 Å². The number of amides is 3. The molecular weight excluding hydrogens is 310 g/mol. The molecule has 1 aromatic rings. The molecule has 24 heavy (non-hydrogen) atoms. The minimum atomic E-state index is -0.662. The number of nitrogens with zero attached hydrogens (tertiary/aromatic N) is 3. The van der Waals surface area contributed by atoms with E-state index >= 15 is 0 Å². The Morgan fingerprint density at radius 3 is 2.42 bits per heavy atom. The highest BCUT2D eigenvalue weighted by molar-refractivity contribution is 5.98. The first-order chi connectivity index (χ1) is 11.4. The molecule has 0 saturated carbocycles. The van der Waals surface area contributed by atoms with Crippen LogP contribution < -0.4 is 4.74 Å². The van der Waals surface area contributed by atoms with Crippen molar-refractivity contribution in [2.24, 2.45) is 0 Å². The Balaban J connectivity index is 2.25. The molecule has 3 amide bonds. The van der Waals surface area contributed by atoms with Gasteiger partial charge in [-0.2, -0.15) is 0 Å². The molecule has 1 aliphatic heterocycles. The van der Waals surface area contributed by atoms with Crippen molar-refractivity contribution in [1.82, 2.24) is 14.7 Å². The molecule has 1 heterocycles. The van der Waals surface area contributed by atoms with E-state index in [0.29, 0.717) is 24.4 Å². The fraction of sp³-hybridized carbons (Fsp3) is 0.471. The van der Waals surface area contributed by atoms with E-state index in [-0.39, 0.29) is 24.3 Å². The summed E-state index contributed by atoms with van der Waals surface area (Å²) in [6, 6.07) is 6.32. The summed E-state index contributed by atoms with van der Waals surface area (Å²) in [5.74, 6) is -0.0680. The van der Waals surface area contributed by atoms with E-state index < -0.39 is 6.04 Å². The van der Waals surface area contributed by atoms with E-state index in [9.17, 15) is 14.4 Å². The Labute approximate surface area is 141 Å². The van der Waals surface area contributed by atoms with Crippen molar-refractivity contribution in [2.45, 2.75) is 13.0 Å². The largest absolute Gasteiger partial charge is 0.496 e. The molecule has 0 radical (unpaired) electrons. The van der Waals surface area contributed by atoms with Crippen LogP contribution in [0, 0.1) is 0 Å². The molecule has 1 fully saturated rings. The molecule has 0 bridgehead atoms. The number of para-hydroxylation sites is 1. The zero-order valence-corrected chi connectivity index (χ0v) is 14.5. The molecule has 7 heteroatoms. The van der Waals surface area contributed by atoms with Crippen LogP contribution in [0.1, 0.15) is 17.3 Å². The lowest BCUT2D eigenvalue weighted by Gasteiger charge is -2.41. The summed E-state index contributed by atoms with van der Waals surface area (Å²) < 4.78 is 5.24. The Hall–Kier alpha value is -2.57. The second-order valence-corrected chi connectivity index (χ2v) is 5.91. The molecule has 0 spiro atoms. The highest BCUT2D eigenvalue weighted by Crippen LogP contribution is 2.21. The average Bonchev–Trinajstić information content (AvgIpc) is 2.59. The number of hydrogen-bond donors (Lipinski definition) is 0. The molecular formula is C17H23N3O4. The molecule has 1 saturated heterocycles. The number of ether oxygens (including phenoxy) is 1. The molecule has 130 valence electrons. The monoisotopic (exact) mass is 333 g/mol. The van der Waals surface area contributed by atoms with Gasteiger partial charge in [-0.3, -0.25) is 14.4 Å². The highest BCUT2D eigenvalue weighted by Gasteiger charge is 2.37. The molecule has 1 unspecified atom stereocenters. The maximum atomic E-state index is 12.8. The lowest BCUT2D eigenvalue weighted by atomic mass is 10.1. The molecule has 0 aliphatic carbocycles. The summed E-state index contributed by atoms with van der Waals surface area (Å²) in [7, 11) is 4.79. The summed E-state index contributed by atoms with van der Waals surface area (Å²) in [5.41, 5.74) is 0.451. The summed E-state index contributed by atoms with van der Waals surface area (Å²) in [4.78, 5) is 41.6. The molecule has 1 aliphatic rings. The lowest BCUT2D eigenvalue weighted by molar-refractivity contribution is -0.146. The quantitative estimate of drug-likeness (QED) is 0.806. The van der Waals surface area contributed by atoms with Crippen LogP contribution in [0.4, 0.5) is 0 Å². The number of benzene rings is 1. The minimum absolute atomic E-state index is 0.167. The highest BCUT2D eigenvalue weighted by atomic mass is 16.5. The Bertz CT molecular complexity index is 644. The van der Waals surface area contributed by atoms with Crippen molar-refractivity contribution in [2.75, 3.05) is 40.8 Å². The summed E-state index contributed by atoms with van der Waals surface area (Å²) in [5, 5.41) is 0.